The Morgan fingerprint density at radius 3 is 2.32 bits per heavy atom. The molecule has 0 amide bonds. The van der Waals surface area contributed by atoms with Crippen LogP contribution in [0, 0.1) is 5.92 Å². The SMILES string of the molecule is CCCC=CC(OS(N)(=O)=O)(B1OC(=O)CN(C)CC(=O)O1)C1CC1. The lowest BCUT2D eigenvalue weighted by atomic mass is 9.63. The lowest BCUT2D eigenvalue weighted by Gasteiger charge is -2.33. The summed E-state index contributed by atoms with van der Waals surface area (Å²) in [5.74, 6) is -1.58. The third-order valence-corrected chi connectivity index (χ3v) is 4.47. The Morgan fingerprint density at radius 2 is 1.88 bits per heavy atom. The molecule has 2 fully saturated rings. The summed E-state index contributed by atoms with van der Waals surface area (Å²) in [4.78, 5) is 25.5. The summed E-state index contributed by atoms with van der Waals surface area (Å²) in [6.45, 7) is 1.70. The minimum absolute atomic E-state index is 0.125. The second-order valence-corrected chi connectivity index (χ2v) is 7.53. The molecule has 11 heteroatoms. The van der Waals surface area contributed by atoms with E-state index in [9.17, 15) is 18.0 Å². The Morgan fingerprint density at radius 1 is 1.32 bits per heavy atom. The van der Waals surface area contributed by atoms with Crippen LogP contribution in [0.3, 0.4) is 0 Å². The first kappa shape index (κ1) is 19.9. The van der Waals surface area contributed by atoms with Gasteiger partial charge in [0.1, 0.15) is 0 Å². The zero-order valence-corrected chi connectivity index (χ0v) is 15.2. The lowest BCUT2D eigenvalue weighted by molar-refractivity contribution is -0.147. The highest BCUT2D eigenvalue weighted by Crippen LogP contribution is 2.46. The normalized spacial score (nSPS) is 22.9. The third-order valence-electron chi connectivity index (χ3n) is 3.95. The van der Waals surface area contributed by atoms with Crippen molar-refractivity contribution < 1.29 is 31.5 Å². The van der Waals surface area contributed by atoms with Gasteiger partial charge in [0.15, 0.2) is 5.50 Å². The molecule has 0 aromatic heterocycles. The van der Waals surface area contributed by atoms with E-state index in [1.165, 1.54) is 11.0 Å². The van der Waals surface area contributed by atoms with Crippen LogP contribution in [0.5, 0.6) is 0 Å². The van der Waals surface area contributed by atoms with E-state index in [0.29, 0.717) is 19.3 Å². The molecule has 0 spiro atoms. The highest BCUT2D eigenvalue weighted by Gasteiger charge is 2.62. The molecular formula is C14H23BN2O7S. The smallest absolute Gasteiger partial charge is 0.496 e. The first-order valence-electron chi connectivity index (χ1n) is 8.15. The van der Waals surface area contributed by atoms with Crippen LogP contribution >= 0.6 is 0 Å². The molecule has 1 heterocycles. The number of hydrogen-bond acceptors (Lipinski definition) is 8. The van der Waals surface area contributed by atoms with E-state index < -0.39 is 34.9 Å². The second-order valence-electron chi connectivity index (χ2n) is 6.38. The van der Waals surface area contributed by atoms with E-state index in [1.54, 1.807) is 13.1 Å². The molecule has 1 aliphatic carbocycles. The summed E-state index contributed by atoms with van der Waals surface area (Å²) in [7, 11) is -4.33. The maximum absolute atomic E-state index is 12.0. The van der Waals surface area contributed by atoms with Gasteiger partial charge in [-0.15, -0.1) is 0 Å². The zero-order valence-electron chi connectivity index (χ0n) is 14.3. The standard InChI is InChI=1S/C14H23BN2O7S/c1-3-4-5-8-14(11-6-7-11,24-25(16,20)21)15-22-12(18)9-17(2)10-13(19)23-15/h5,8,11H,3-4,6-7,9-10H2,1-2H3,(H2,16,20,21). The topological polar surface area (TPSA) is 125 Å². The number of nitrogens with zero attached hydrogens (tertiary/aromatic N) is 1. The van der Waals surface area contributed by atoms with Crippen molar-refractivity contribution in [2.45, 2.75) is 38.1 Å². The van der Waals surface area contributed by atoms with Gasteiger partial charge in [-0.05, 0) is 32.2 Å². The quantitative estimate of drug-likeness (QED) is 0.479. The number of rotatable bonds is 7. The fraction of sp³-hybridized carbons (Fsp3) is 0.714. The fourth-order valence-electron chi connectivity index (χ4n) is 2.73. The monoisotopic (exact) mass is 374 g/mol. The summed E-state index contributed by atoms with van der Waals surface area (Å²) in [6, 6.07) is 0. The van der Waals surface area contributed by atoms with Gasteiger partial charge in [0.05, 0.1) is 13.1 Å². The molecule has 1 unspecified atom stereocenters. The number of carbonyl (C=O) groups is 2. The van der Waals surface area contributed by atoms with Crippen LogP contribution in [0.4, 0.5) is 0 Å². The molecule has 0 aromatic carbocycles. The molecule has 0 aromatic rings. The molecule has 1 aliphatic heterocycles. The van der Waals surface area contributed by atoms with Crippen molar-refractivity contribution >= 4 is 29.4 Å². The van der Waals surface area contributed by atoms with Crippen molar-refractivity contribution in [2.24, 2.45) is 11.1 Å². The summed E-state index contributed by atoms with van der Waals surface area (Å²) in [5, 5.41) is 5.09. The predicted octanol–water partition coefficient (Wildman–Crippen LogP) is -0.229. The molecule has 1 atom stereocenters. The summed E-state index contributed by atoms with van der Waals surface area (Å²) in [5.41, 5.74) is -1.65. The Bertz CT molecular complexity index is 630. The number of hydrogen-bond donors (Lipinski definition) is 1. The Kier molecular flexibility index (Phi) is 6.25. The van der Waals surface area contributed by atoms with Crippen LogP contribution in [0.15, 0.2) is 12.2 Å². The number of nitrogens with two attached hydrogens (primary N) is 1. The molecule has 0 radical (unpaired) electrons. The maximum Gasteiger partial charge on any atom is 0.639 e. The highest BCUT2D eigenvalue weighted by atomic mass is 32.2. The summed E-state index contributed by atoms with van der Waals surface area (Å²) < 4.78 is 39.0. The average Bonchev–Trinajstić information content (AvgIpc) is 3.27. The molecule has 25 heavy (non-hydrogen) atoms. The van der Waals surface area contributed by atoms with Crippen LogP contribution in [0.1, 0.15) is 32.6 Å². The maximum atomic E-state index is 12.0. The molecule has 140 valence electrons. The minimum atomic E-state index is -4.38. The Balaban J connectivity index is 2.40. The molecule has 2 N–H and O–H groups in total. The zero-order chi connectivity index (χ0) is 18.7. The second kappa shape index (κ2) is 7.86. The Labute approximate surface area is 147 Å². The predicted molar refractivity (Wildman–Crippen MR) is 89.1 cm³/mol. The van der Waals surface area contributed by atoms with Gasteiger partial charge in [0.25, 0.3) is 0 Å². The van der Waals surface area contributed by atoms with Crippen molar-refractivity contribution in [3.05, 3.63) is 12.2 Å². The van der Waals surface area contributed by atoms with Crippen LogP contribution in [-0.4, -0.2) is 58.0 Å². The molecule has 2 aliphatic rings. The van der Waals surface area contributed by atoms with E-state index >= 15 is 0 Å². The number of carbonyl (C=O) groups excluding carboxylic acids is 2. The Hall–Kier alpha value is -1.43. The van der Waals surface area contributed by atoms with Gasteiger partial charge in [-0.1, -0.05) is 25.5 Å². The van der Waals surface area contributed by atoms with Gasteiger partial charge in [0, 0.05) is 0 Å². The highest BCUT2D eigenvalue weighted by molar-refractivity contribution is 7.84. The number of unbranched alkanes of at least 4 members (excludes halogenated alkanes) is 1. The molecule has 2 rings (SSSR count). The summed E-state index contributed by atoms with van der Waals surface area (Å²) >= 11 is 0. The summed E-state index contributed by atoms with van der Waals surface area (Å²) in [6.07, 6.45) is 5.96. The van der Waals surface area contributed by atoms with Gasteiger partial charge in [-0.2, -0.15) is 8.42 Å². The van der Waals surface area contributed by atoms with Crippen molar-refractivity contribution in [3.63, 3.8) is 0 Å². The largest absolute Gasteiger partial charge is 0.639 e. The van der Waals surface area contributed by atoms with Gasteiger partial charge in [0.2, 0.25) is 0 Å². The minimum Gasteiger partial charge on any atom is -0.496 e. The van der Waals surface area contributed by atoms with Crippen molar-refractivity contribution in [3.8, 4) is 0 Å². The van der Waals surface area contributed by atoms with E-state index in [0.717, 1.165) is 6.42 Å². The third kappa shape index (κ3) is 5.53. The number of allylic oxidation sites excluding steroid dienone is 1. The van der Waals surface area contributed by atoms with Gasteiger partial charge in [-0.25, -0.2) is 9.32 Å². The number of likely N-dealkylation sites (N-methyl/N-ethyl adjacent to an activating group) is 1. The van der Waals surface area contributed by atoms with Gasteiger partial charge >= 0.3 is 29.4 Å². The van der Waals surface area contributed by atoms with Crippen LogP contribution < -0.4 is 5.14 Å². The van der Waals surface area contributed by atoms with Gasteiger partial charge < -0.3 is 9.31 Å². The van der Waals surface area contributed by atoms with Crippen molar-refractivity contribution in [1.82, 2.24) is 4.90 Å². The van der Waals surface area contributed by atoms with E-state index in [-0.39, 0.29) is 19.0 Å². The fourth-order valence-corrected chi connectivity index (χ4v) is 3.40. The van der Waals surface area contributed by atoms with Gasteiger partial charge in [-0.3, -0.25) is 14.5 Å². The molecule has 9 nitrogen and oxygen atoms in total. The van der Waals surface area contributed by atoms with Crippen molar-refractivity contribution in [2.75, 3.05) is 20.1 Å². The van der Waals surface area contributed by atoms with Crippen LogP contribution in [0.25, 0.3) is 0 Å². The van der Waals surface area contributed by atoms with Crippen LogP contribution in [0.2, 0.25) is 0 Å². The molecule has 1 saturated heterocycles. The first-order chi connectivity index (χ1) is 11.7. The van der Waals surface area contributed by atoms with E-state index in [1.807, 2.05) is 6.92 Å². The van der Waals surface area contributed by atoms with E-state index in [4.69, 9.17) is 18.6 Å². The molecule has 0 bridgehead atoms. The first-order valence-corrected chi connectivity index (χ1v) is 9.62. The molecular weight excluding hydrogens is 351 g/mol. The van der Waals surface area contributed by atoms with Crippen molar-refractivity contribution in [1.29, 1.82) is 0 Å². The lowest BCUT2D eigenvalue weighted by Crippen LogP contribution is -2.58. The van der Waals surface area contributed by atoms with Crippen LogP contribution in [-0.2, 0) is 33.4 Å². The average molecular weight is 374 g/mol. The van der Waals surface area contributed by atoms with E-state index in [2.05, 4.69) is 0 Å². The molecule has 1 saturated carbocycles.